The van der Waals surface area contributed by atoms with E-state index in [0.717, 1.165) is 25.7 Å². The van der Waals surface area contributed by atoms with Crippen molar-refractivity contribution in [2.75, 3.05) is 20.1 Å². The van der Waals surface area contributed by atoms with E-state index in [0.29, 0.717) is 25.4 Å². The normalized spacial score (nSPS) is 23.7. The van der Waals surface area contributed by atoms with Gasteiger partial charge in [-0.1, -0.05) is 12.8 Å². The van der Waals surface area contributed by atoms with Gasteiger partial charge in [0.1, 0.15) is 0 Å². The Morgan fingerprint density at radius 2 is 2.00 bits per heavy atom. The summed E-state index contributed by atoms with van der Waals surface area (Å²) in [5.41, 5.74) is 5.72. The Morgan fingerprint density at radius 1 is 1.33 bits per heavy atom. The van der Waals surface area contributed by atoms with Crippen molar-refractivity contribution in [1.29, 1.82) is 0 Å². The first-order valence-electron chi connectivity index (χ1n) is 6.73. The number of nitrogens with two attached hydrogens (primary N) is 1. The van der Waals surface area contributed by atoms with E-state index in [2.05, 4.69) is 0 Å². The molecule has 5 heteroatoms. The maximum Gasteiger partial charge on any atom is 0.303 e. The van der Waals surface area contributed by atoms with Gasteiger partial charge in [-0.3, -0.25) is 9.59 Å². The molecule has 1 rings (SSSR count). The molecule has 0 aromatic carbocycles. The van der Waals surface area contributed by atoms with Crippen molar-refractivity contribution in [3.63, 3.8) is 0 Å². The Kier molecular flexibility index (Phi) is 6.12. The molecule has 0 spiro atoms. The molecule has 104 valence electrons. The quantitative estimate of drug-likeness (QED) is 0.744. The van der Waals surface area contributed by atoms with Gasteiger partial charge < -0.3 is 15.7 Å². The van der Waals surface area contributed by atoms with Gasteiger partial charge >= 0.3 is 5.97 Å². The molecular formula is C13H24N2O3. The summed E-state index contributed by atoms with van der Waals surface area (Å²) < 4.78 is 0. The average Bonchev–Trinajstić information content (AvgIpc) is 2.37. The van der Waals surface area contributed by atoms with Gasteiger partial charge in [-0.25, -0.2) is 0 Å². The number of carboxylic acid groups (broad SMARTS) is 1. The van der Waals surface area contributed by atoms with Crippen LogP contribution < -0.4 is 5.73 Å². The van der Waals surface area contributed by atoms with Crippen LogP contribution in [0.25, 0.3) is 0 Å². The molecule has 0 radical (unpaired) electrons. The molecule has 1 saturated carbocycles. The predicted molar refractivity (Wildman–Crippen MR) is 69.0 cm³/mol. The molecule has 1 aliphatic carbocycles. The largest absolute Gasteiger partial charge is 0.481 e. The number of aliphatic carboxylic acids is 1. The summed E-state index contributed by atoms with van der Waals surface area (Å²) in [6, 6.07) is 0. The van der Waals surface area contributed by atoms with Gasteiger partial charge in [0, 0.05) is 25.9 Å². The third-order valence-corrected chi connectivity index (χ3v) is 3.79. The number of rotatable bonds is 6. The first kappa shape index (κ1) is 15.0. The molecular weight excluding hydrogens is 232 g/mol. The van der Waals surface area contributed by atoms with E-state index in [1.807, 2.05) is 0 Å². The second-order valence-electron chi connectivity index (χ2n) is 5.14. The Morgan fingerprint density at radius 3 is 2.61 bits per heavy atom. The monoisotopic (exact) mass is 256 g/mol. The van der Waals surface area contributed by atoms with Crippen LogP contribution in [0.15, 0.2) is 0 Å². The highest BCUT2D eigenvalue weighted by Gasteiger charge is 2.31. The van der Waals surface area contributed by atoms with Crippen molar-refractivity contribution in [3.8, 4) is 0 Å². The highest BCUT2D eigenvalue weighted by molar-refractivity contribution is 5.79. The van der Waals surface area contributed by atoms with Crippen molar-refractivity contribution in [2.45, 2.75) is 38.5 Å². The van der Waals surface area contributed by atoms with Crippen LogP contribution in [0, 0.1) is 11.8 Å². The molecule has 0 saturated heterocycles. The third kappa shape index (κ3) is 4.29. The molecule has 5 nitrogen and oxygen atoms in total. The fraction of sp³-hybridized carbons (Fsp3) is 0.846. The molecule has 1 aliphatic rings. The van der Waals surface area contributed by atoms with Crippen molar-refractivity contribution in [2.24, 2.45) is 17.6 Å². The molecule has 2 atom stereocenters. The van der Waals surface area contributed by atoms with E-state index in [-0.39, 0.29) is 18.2 Å². The van der Waals surface area contributed by atoms with Crippen LogP contribution in [0.5, 0.6) is 0 Å². The number of hydrogen-bond acceptors (Lipinski definition) is 3. The van der Waals surface area contributed by atoms with E-state index in [1.165, 1.54) is 0 Å². The zero-order valence-corrected chi connectivity index (χ0v) is 11.1. The molecule has 0 aromatic heterocycles. The Balaban J connectivity index is 2.43. The number of amides is 1. The summed E-state index contributed by atoms with van der Waals surface area (Å²) in [5, 5.41) is 8.57. The van der Waals surface area contributed by atoms with Crippen molar-refractivity contribution >= 4 is 11.9 Å². The summed E-state index contributed by atoms with van der Waals surface area (Å²) in [6.07, 6.45) is 4.84. The minimum atomic E-state index is -0.812. The van der Waals surface area contributed by atoms with Gasteiger partial charge in [-0.15, -0.1) is 0 Å². The van der Waals surface area contributed by atoms with Crippen LogP contribution >= 0.6 is 0 Å². The third-order valence-electron chi connectivity index (χ3n) is 3.79. The fourth-order valence-electron chi connectivity index (χ4n) is 2.68. The lowest BCUT2D eigenvalue weighted by Crippen LogP contribution is -2.40. The van der Waals surface area contributed by atoms with E-state index in [9.17, 15) is 9.59 Å². The van der Waals surface area contributed by atoms with E-state index < -0.39 is 5.97 Å². The van der Waals surface area contributed by atoms with Gasteiger partial charge in [0.2, 0.25) is 5.91 Å². The van der Waals surface area contributed by atoms with Gasteiger partial charge in [-0.05, 0) is 31.7 Å². The zero-order valence-electron chi connectivity index (χ0n) is 11.1. The molecule has 0 heterocycles. The summed E-state index contributed by atoms with van der Waals surface area (Å²) in [5.74, 6) is -0.337. The van der Waals surface area contributed by atoms with Crippen molar-refractivity contribution < 1.29 is 14.7 Å². The number of carboxylic acids is 1. The minimum Gasteiger partial charge on any atom is -0.481 e. The second-order valence-corrected chi connectivity index (χ2v) is 5.14. The first-order chi connectivity index (χ1) is 8.56. The molecule has 0 aliphatic heterocycles. The maximum atomic E-state index is 12.3. The molecule has 18 heavy (non-hydrogen) atoms. The molecule has 0 aromatic rings. The van der Waals surface area contributed by atoms with Crippen molar-refractivity contribution in [3.05, 3.63) is 0 Å². The van der Waals surface area contributed by atoms with E-state index in [1.54, 1.807) is 11.9 Å². The summed E-state index contributed by atoms with van der Waals surface area (Å²) >= 11 is 0. The second kappa shape index (κ2) is 7.36. The van der Waals surface area contributed by atoms with Crippen LogP contribution in [-0.2, 0) is 9.59 Å². The summed E-state index contributed by atoms with van der Waals surface area (Å²) in [6.45, 7) is 1.08. The Labute approximate surface area is 108 Å². The lowest BCUT2D eigenvalue weighted by molar-refractivity contribution is -0.139. The number of hydrogen-bond donors (Lipinski definition) is 2. The van der Waals surface area contributed by atoms with Crippen LogP contribution in [0.3, 0.4) is 0 Å². The predicted octanol–water partition coefficient (Wildman–Crippen LogP) is 1.07. The molecule has 1 fully saturated rings. The van der Waals surface area contributed by atoms with Gasteiger partial charge in [0.15, 0.2) is 0 Å². The van der Waals surface area contributed by atoms with Crippen molar-refractivity contribution in [1.82, 2.24) is 4.90 Å². The van der Waals surface area contributed by atoms with Gasteiger partial charge in [0.05, 0.1) is 0 Å². The Hall–Kier alpha value is -1.10. The molecule has 1 amide bonds. The average molecular weight is 256 g/mol. The zero-order chi connectivity index (χ0) is 13.5. The smallest absolute Gasteiger partial charge is 0.303 e. The topological polar surface area (TPSA) is 83.6 Å². The lowest BCUT2D eigenvalue weighted by Gasteiger charge is -2.32. The minimum absolute atomic E-state index is 0.0404. The fourth-order valence-corrected chi connectivity index (χ4v) is 2.68. The highest BCUT2D eigenvalue weighted by atomic mass is 16.4. The first-order valence-corrected chi connectivity index (χ1v) is 6.73. The SMILES string of the molecule is CN(CCCC(=O)O)C(=O)C1CCCCC1CN. The number of carbonyl (C=O) groups excluding carboxylic acids is 1. The van der Waals surface area contributed by atoms with Crippen LogP contribution in [-0.4, -0.2) is 42.0 Å². The van der Waals surface area contributed by atoms with Gasteiger partial charge in [-0.2, -0.15) is 0 Å². The van der Waals surface area contributed by atoms with Crippen LogP contribution in [0.4, 0.5) is 0 Å². The van der Waals surface area contributed by atoms with Crippen LogP contribution in [0.2, 0.25) is 0 Å². The number of carbonyl (C=O) groups is 2. The number of nitrogens with zero attached hydrogens (tertiary/aromatic N) is 1. The van der Waals surface area contributed by atoms with E-state index >= 15 is 0 Å². The summed E-state index contributed by atoms with van der Waals surface area (Å²) in [7, 11) is 1.76. The standard InChI is InChI=1S/C13H24N2O3/c1-15(8-4-7-12(16)17)13(18)11-6-3-2-5-10(11)9-14/h10-11H,2-9,14H2,1H3,(H,16,17). The van der Waals surface area contributed by atoms with E-state index in [4.69, 9.17) is 10.8 Å². The maximum absolute atomic E-state index is 12.3. The Bertz CT molecular complexity index is 294. The molecule has 2 unspecified atom stereocenters. The highest BCUT2D eigenvalue weighted by Crippen LogP contribution is 2.30. The van der Waals surface area contributed by atoms with Gasteiger partial charge in [0.25, 0.3) is 0 Å². The van der Waals surface area contributed by atoms with Crippen LogP contribution in [0.1, 0.15) is 38.5 Å². The lowest BCUT2D eigenvalue weighted by atomic mass is 9.78. The summed E-state index contributed by atoms with van der Waals surface area (Å²) in [4.78, 5) is 24.4. The molecule has 3 N–H and O–H groups in total. The molecule has 0 bridgehead atoms.